The average molecular weight is 545 g/mol. The molecule has 3 fully saturated rings. The minimum atomic E-state index is -0.481. The van der Waals surface area contributed by atoms with E-state index in [0.29, 0.717) is 17.0 Å². The molecule has 2 saturated carbocycles. The Bertz CT molecular complexity index is 764. The van der Waals surface area contributed by atoms with Gasteiger partial charge in [0.2, 0.25) is 5.91 Å². The maximum atomic E-state index is 14.7. The first-order chi connectivity index (χ1) is 15.3. The second-order valence-corrected chi connectivity index (χ2v) is 10.3. The number of nitrogens with two attached hydrogens (primary N) is 1. The second-order valence-electron chi connectivity index (χ2n) is 9.55. The van der Waals surface area contributed by atoms with Gasteiger partial charge in [-0.1, -0.05) is 43.0 Å². The van der Waals surface area contributed by atoms with Crippen molar-refractivity contribution in [1.82, 2.24) is 10.6 Å². The Morgan fingerprint density at radius 2 is 1.91 bits per heavy atom. The van der Waals surface area contributed by atoms with Crippen LogP contribution in [0.15, 0.2) is 12.1 Å². The van der Waals surface area contributed by atoms with Gasteiger partial charge >= 0.3 is 51.4 Å². The number of benzene rings is 1. The molecule has 3 aliphatic rings. The van der Waals surface area contributed by atoms with Crippen LogP contribution in [-0.4, -0.2) is 43.7 Å². The predicted octanol–water partition coefficient (Wildman–Crippen LogP) is 1.82. The summed E-state index contributed by atoms with van der Waals surface area (Å²) >= 11 is 12.5. The van der Waals surface area contributed by atoms with Gasteiger partial charge in [0.1, 0.15) is 5.82 Å². The summed E-state index contributed by atoms with van der Waals surface area (Å²) in [7, 11) is 0. The molecule has 5 N–H and O–H groups in total. The molecular formula is C24H37Cl2FKN3O3. The normalized spacial score (nSPS) is 24.5. The topological polar surface area (TPSA) is 106 Å². The minimum Gasteiger partial charge on any atom is -0.870 e. The smallest absolute Gasteiger partial charge is 0.870 e. The van der Waals surface area contributed by atoms with Crippen LogP contribution < -0.4 is 67.8 Å². The van der Waals surface area contributed by atoms with E-state index in [1.54, 1.807) is 0 Å². The Morgan fingerprint density at radius 1 is 1.21 bits per heavy atom. The standard InChI is InChI=1S/C19H25Cl2FN2O.C5H11NO.K.H2O/c1-19(8-2-3-9-19)17(15-14(22)7-6-13(20)16(15)21)24-18(25)11-4-5-12(23)10-11;1-2-6-3-5-7-4-1;;/h6-7,11-12,17H,2-5,8-10,23H2,1H3,(H,24,25);6H,1-5H2;;1H2/q;;+1;/p-1. The van der Waals surface area contributed by atoms with Gasteiger partial charge in [0, 0.05) is 30.7 Å². The van der Waals surface area contributed by atoms with Gasteiger partial charge < -0.3 is 26.6 Å². The van der Waals surface area contributed by atoms with Crippen LogP contribution in [0.25, 0.3) is 0 Å². The number of ether oxygens (including phenoxy) is 1. The molecule has 10 heteroatoms. The molecule has 0 bridgehead atoms. The number of hydrogen-bond acceptors (Lipinski definition) is 5. The monoisotopic (exact) mass is 543 g/mol. The van der Waals surface area contributed by atoms with E-state index in [1.165, 1.54) is 18.6 Å². The third-order valence-electron chi connectivity index (χ3n) is 7.01. The third-order valence-corrected chi connectivity index (χ3v) is 7.83. The molecule has 1 saturated heterocycles. The number of rotatable bonds is 4. The molecule has 6 nitrogen and oxygen atoms in total. The van der Waals surface area contributed by atoms with Crippen LogP contribution in [-0.2, 0) is 9.53 Å². The fraction of sp³-hybridized carbons (Fsp3) is 0.708. The molecule has 1 heterocycles. The van der Waals surface area contributed by atoms with E-state index in [-0.39, 0.29) is 85.2 Å². The molecule has 188 valence electrons. The molecule has 0 aromatic heterocycles. The van der Waals surface area contributed by atoms with Gasteiger partial charge in [-0.25, -0.2) is 4.39 Å². The van der Waals surface area contributed by atoms with Gasteiger partial charge in [-0.15, -0.1) is 0 Å². The van der Waals surface area contributed by atoms with Crippen LogP contribution >= 0.6 is 23.2 Å². The fourth-order valence-corrected chi connectivity index (χ4v) is 5.49. The van der Waals surface area contributed by atoms with Gasteiger partial charge in [0.25, 0.3) is 0 Å². The first-order valence-electron chi connectivity index (χ1n) is 11.8. The van der Waals surface area contributed by atoms with Gasteiger partial charge in [0.15, 0.2) is 0 Å². The number of nitrogens with one attached hydrogen (secondary N) is 2. The first kappa shape index (κ1) is 32.7. The molecule has 1 aliphatic heterocycles. The summed E-state index contributed by atoms with van der Waals surface area (Å²) in [6.07, 6.45) is 7.46. The van der Waals surface area contributed by atoms with Crippen molar-refractivity contribution >= 4 is 29.1 Å². The second kappa shape index (κ2) is 15.8. The van der Waals surface area contributed by atoms with Crippen LogP contribution in [0, 0.1) is 17.2 Å². The quantitative estimate of drug-likeness (QED) is 0.396. The van der Waals surface area contributed by atoms with Gasteiger partial charge in [0.05, 0.1) is 22.7 Å². The van der Waals surface area contributed by atoms with E-state index in [1.807, 2.05) is 0 Å². The van der Waals surface area contributed by atoms with Crippen molar-refractivity contribution in [3.8, 4) is 0 Å². The van der Waals surface area contributed by atoms with Crippen molar-refractivity contribution in [3.63, 3.8) is 0 Å². The van der Waals surface area contributed by atoms with Crippen LogP contribution in [0.1, 0.15) is 69.9 Å². The molecule has 3 atom stereocenters. The zero-order valence-corrected chi connectivity index (χ0v) is 25.0. The Hall–Kier alpha value is 0.676. The number of halogens is 3. The number of carbonyl (C=O) groups excluding carboxylic acids is 1. The van der Waals surface area contributed by atoms with Gasteiger partial charge in [-0.05, 0) is 62.6 Å². The molecule has 1 aromatic carbocycles. The largest absolute Gasteiger partial charge is 1.00 e. The van der Waals surface area contributed by atoms with E-state index < -0.39 is 11.9 Å². The van der Waals surface area contributed by atoms with Crippen molar-refractivity contribution in [2.24, 2.45) is 17.1 Å². The zero-order valence-electron chi connectivity index (χ0n) is 20.3. The Kier molecular flexibility index (Phi) is 15.2. The van der Waals surface area contributed by atoms with E-state index >= 15 is 0 Å². The molecular weight excluding hydrogens is 507 g/mol. The SMILES string of the molecule is C1CNCCOC1.CC1(C(NC(=O)C2CCC(N)C2)c2c(F)ccc(Cl)c2Cl)CCCC1.[K+].[OH-]. The summed E-state index contributed by atoms with van der Waals surface area (Å²) < 4.78 is 19.8. The van der Waals surface area contributed by atoms with Crippen molar-refractivity contribution in [1.29, 1.82) is 0 Å². The summed E-state index contributed by atoms with van der Waals surface area (Å²) in [5, 5.41) is 6.84. The van der Waals surface area contributed by atoms with Crippen molar-refractivity contribution in [3.05, 3.63) is 33.6 Å². The van der Waals surface area contributed by atoms with Crippen molar-refractivity contribution < 1.29 is 70.8 Å². The summed E-state index contributed by atoms with van der Waals surface area (Å²) in [6.45, 7) is 6.08. The zero-order chi connectivity index (χ0) is 23.1. The van der Waals surface area contributed by atoms with E-state index in [9.17, 15) is 9.18 Å². The fourth-order valence-electron chi connectivity index (χ4n) is 5.06. The van der Waals surface area contributed by atoms with Crippen LogP contribution in [0.3, 0.4) is 0 Å². The van der Waals surface area contributed by atoms with Gasteiger partial charge in [-0.2, -0.15) is 0 Å². The Labute approximate surface area is 255 Å². The third kappa shape index (κ3) is 8.91. The van der Waals surface area contributed by atoms with Crippen molar-refractivity contribution in [2.45, 2.75) is 70.4 Å². The number of hydrogen-bond donors (Lipinski definition) is 3. The van der Waals surface area contributed by atoms with Crippen LogP contribution in [0.4, 0.5) is 4.39 Å². The van der Waals surface area contributed by atoms with Crippen LogP contribution in [0.2, 0.25) is 10.0 Å². The Morgan fingerprint density at radius 3 is 2.56 bits per heavy atom. The average Bonchev–Trinajstić information content (AvgIpc) is 3.29. The molecule has 3 unspecified atom stereocenters. The molecule has 34 heavy (non-hydrogen) atoms. The maximum absolute atomic E-state index is 14.7. The molecule has 1 aromatic rings. The first-order valence-corrected chi connectivity index (χ1v) is 12.6. The molecule has 0 radical (unpaired) electrons. The summed E-state index contributed by atoms with van der Waals surface area (Å²) in [6, 6.07) is 2.37. The molecule has 0 spiro atoms. The maximum Gasteiger partial charge on any atom is 1.00 e. The number of amides is 1. The molecule has 4 rings (SSSR count). The van der Waals surface area contributed by atoms with E-state index in [0.717, 1.165) is 64.8 Å². The molecule has 2 aliphatic carbocycles. The van der Waals surface area contributed by atoms with E-state index in [2.05, 4.69) is 17.6 Å². The summed E-state index contributed by atoms with van der Waals surface area (Å²) in [5.41, 5.74) is 6.03. The summed E-state index contributed by atoms with van der Waals surface area (Å²) in [5.74, 6) is -0.582. The van der Waals surface area contributed by atoms with Crippen LogP contribution in [0.5, 0.6) is 0 Å². The van der Waals surface area contributed by atoms with E-state index in [4.69, 9.17) is 33.7 Å². The predicted molar refractivity (Wildman–Crippen MR) is 129 cm³/mol. The van der Waals surface area contributed by atoms with Crippen molar-refractivity contribution in [2.75, 3.05) is 26.3 Å². The Balaban J connectivity index is 0.000000554. The molecule has 1 amide bonds. The van der Waals surface area contributed by atoms with Gasteiger partial charge in [-0.3, -0.25) is 4.79 Å². The summed E-state index contributed by atoms with van der Waals surface area (Å²) in [4.78, 5) is 12.8. The number of carbonyl (C=O) groups is 1. The minimum absolute atomic E-state index is 0.